The summed E-state index contributed by atoms with van der Waals surface area (Å²) in [5, 5.41) is 0. The topological polar surface area (TPSA) is 77.5 Å². The Bertz CT molecular complexity index is 1300. The Balaban J connectivity index is 1.46. The maximum Gasteiger partial charge on any atom is 0.311 e. The van der Waals surface area contributed by atoms with E-state index in [4.69, 9.17) is 0 Å². The molecule has 0 heterocycles. The fourth-order valence-corrected chi connectivity index (χ4v) is 5.92. The van der Waals surface area contributed by atoms with Gasteiger partial charge in [0.25, 0.3) is 0 Å². The summed E-state index contributed by atoms with van der Waals surface area (Å²) in [6.45, 7) is 0. The van der Waals surface area contributed by atoms with Crippen LogP contribution in [0.3, 0.4) is 0 Å². The van der Waals surface area contributed by atoms with E-state index >= 15 is 0 Å². The predicted octanol–water partition coefficient (Wildman–Crippen LogP) is 4.96. The van der Waals surface area contributed by atoms with Crippen molar-refractivity contribution in [3.8, 4) is 0 Å². The molecule has 0 aliphatic carbocycles. The zero-order valence-electron chi connectivity index (χ0n) is 17.7. The summed E-state index contributed by atoms with van der Waals surface area (Å²) < 4.78 is 55.0. The highest BCUT2D eigenvalue weighted by Gasteiger charge is 2.26. The van der Waals surface area contributed by atoms with Gasteiger partial charge in [0.05, 0.1) is 9.79 Å². The second-order valence-electron chi connectivity index (χ2n) is 7.59. The van der Waals surface area contributed by atoms with Crippen LogP contribution in [-0.4, -0.2) is 16.8 Å². The van der Waals surface area contributed by atoms with E-state index in [2.05, 4.69) is 3.63 Å². The molecule has 0 amide bonds. The first kappa shape index (κ1) is 22.9. The fourth-order valence-electron chi connectivity index (χ4n) is 3.41. The molecule has 7 heteroatoms. The molecule has 0 radical (unpaired) electrons. The molecular weight excluding hydrogens is 456 g/mol. The van der Waals surface area contributed by atoms with Gasteiger partial charge in [-0.25, -0.2) is 0 Å². The molecule has 0 aliphatic rings. The van der Waals surface area contributed by atoms with Crippen molar-refractivity contribution in [1.82, 2.24) is 0 Å². The molecule has 0 saturated heterocycles. The number of rotatable bonds is 8. The van der Waals surface area contributed by atoms with Crippen LogP contribution in [0.4, 0.5) is 0 Å². The van der Waals surface area contributed by atoms with Crippen LogP contribution in [0.5, 0.6) is 0 Å². The smallest absolute Gasteiger partial charge is 0.193 e. The molecule has 0 N–H and O–H groups in total. The van der Waals surface area contributed by atoms with Crippen LogP contribution in [0.2, 0.25) is 0 Å². The van der Waals surface area contributed by atoms with E-state index in [1.54, 1.807) is 24.3 Å². The van der Waals surface area contributed by atoms with E-state index in [0.29, 0.717) is 12.8 Å². The van der Waals surface area contributed by atoms with E-state index in [9.17, 15) is 16.8 Å². The van der Waals surface area contributed by atoms with Crippen LogP contribution in [0, 0.1) is 0 Å². The van der Waals surface area contributed by atoms with Gasteiger partial charge < -0.3 is 0 Å². The molecule has 0 bridgehead atoms. The summed E-state index contributed by atoms with van der Waals surface area (Å²) in [6, 6.07) is 31.5. The van der Waals surface area contributed by atoms with Crippen LogP contribution in [0.25, 0.3) is 0 Å². The average molecular weight is 479 g/mol. The Kier molecular flexibility index (Phi) is 6.74. The second kappa shape index (κ2) is 9.70. The van der Waals surface area contributed by atoms with Crippen LogP contribution < -0.4 is 0 Å². The Morgan fingerprint density at radius 2 is 0.727 bits per heavy atom. The third-order valence-corrected chi connectivity index (χ3v) is 8.24. The highest BCUT2D eigenvalue weighted by molar-refractivity contribution is 7.99. The van der Waals surface area contributed by atoms with Gasteiger partial charge in [-0.1, -0.05) is 84.9 Å². The summed E-state index contributed by atoms with van der Waals surface area (Å²) in [7, 11) is -9.00. The van der Waals surface area contributed by atoms with Crippen molar-refractivity contribution in [3.05, 3.63) is 131 Å². The molecule has 5 nitrogen and oxygen atoms in total. The van der Waals surface area contributed by atoms with Crippen LogP contribution in [-0.2, 0) is 36.7 Å². The minimum Gasteiger partial charge on any atom is -0.193 e. The zero-order valence-corrected chi connectivity index (χ0v) is 19.3. The van der Waals surface area contributed by atoms with Gasteiger partial charge in [-0.05, 0) is 59.4 Å². The standard InChI is InChI=1S/C26H22O5S2/c27-32(28,25-15-11-23(12-16-25)19-21-7-3-1-4-8-21)31-33(29,30)26-17-13-24(14-18-26)20-22-9-5-2-6-10-22/h1-18H,19-20H2. The first-order chi connectivity index (χ1) is 15.8. The van der Waals surface area contributed by atoms with Gasteiger partial charge in [-0.2, -0.15) is 16.8 Å². The summed E-state index contributed by atoms with van der Waals surface area (Å²) in [6.07, 6.45) is 1.27. The fraction of sp³-hybridized carbons (Fsp3) is 0.0769. The molecule has 0 saturated carbocycles. The van der Waals surface area contributed by atoms with Gasteiger partial charge >= 0.3 is 20.2 Å². The minimum absolute atomic E-state index is 0.219. The molecule has 0 unspecified atom stereocenters. The minimum atomic E-state index is -4.50. The molecule has 0 aliphatic heterocycles. The Labute approximate surface area is 194 Å². The summed E-state index contributed by atoms with van der Waals surface area (Å²) in [5.74, 6) is 0. The monoisotopic (exact) mass is 478 g/mol. The Morgan fingerprint density at radius 1 is 0.424 bits per heavy atom. The van der Waals surface area contributed by atoms with Gasteiger partial charge in [0, 0.05) is 0 Å². The Morgan fingerprint density at radius 3 is 1.06 bits per heavy atom. The van der Waals surface area contributed by atoms with E-state index in [1.165, 1.54) is 24.3 Å². The maximum atomic E-state index is 12.6. The molecule has 0 spiro atoms. The first-order valence-corrected chi connectivity index (χ1v) is 13.1. The summed E-state index contributed by atoms with van der Waals surface area (Å²) in [4.78, 5) is -0.438. The van der Waals surface area contributed by atoms with Crippen molar-refractivity contribution < 1.29 is 20.5 Å². The van der Waals surface area contributed by atoms with Crippen LogP contribution in [0.15, 0.2) is 119 Å². The van der Waals surface area contributed by atoms with Crippen LogP contribution >= 0.6 is 0 Å². The van der Waals surface area contributed by atoms with Crippen molar-refractivity contribution in [2.24, 2.45) is 0 Å². The third kappa shape index (κ3) is 5.96. The van der Waals surface area contributed by atoms with E-state index < -0.39 is 20.2 Å². The molecular formula is C26H22O5S2. The second-order valence-corrected chi connectivity index (χ2v) is 10.9. The van der Waals surface area contributed by atoms with Crippen molar-refractivity contribution in [2.45, 2.75) is 22.6 Å². The highest BCUT2D eigenvalue weighted by atomic mass is 32.3. The number of hydrogen-bond acceptors (Lipinski definition) is 5. The largest absolute Gasteiger partial charge is 0.311 e. The normalized spacial score (nSPS) is 11.9. The van der Waals surface area contributed by atoms with E-state index in [0.717, 1.165) is 22.3 Å². The SMILES string of the molecule is O=S(=O)(OS(=O)(=O)c1ccc(Cc2ccccc2)cc1)c1ccc(Cc2ccccc2)cc1. The predicted molar refractivity (Wildman–Crippen MR) is 127 cm³/mol. The molecule has 4 aromatic carbocycles. The molecule has 168 valence electrons. The van der Waals surface area contributed by atoms with Crippen LogP contribution in [0.1, 0.15) is 22.3 Å². The zero-order chi connectivity index (χ0) is 23.3. The molecule has 0 atom stereocenters. The quantitative estimate of drug-likeness (QED) is 0.358. The van der Waals surface area contributed by atoms with Gasteiger partial charge in [0.15, 0.2) is 0 Å². The maximum absolute atomic E-state index is 12.6. The van der Waals surface area contributed by atoms with Crippen molar-refractivity contribution >= 4 is 20.2 Å². The number of hydrogen-bond donors (Lipinski definition) is 0. The van der Waals surface area contributed by atoms with Crippen molar-refractivity contribution in [1.29, 1.82) is 0 Å². The van der Waals surface area contributed by atoms with E-state index in [1.807, 2.05) is 60.7 Å². The molecule has 33 heavy (non-hydrogen) atoms. The number of benzene rings is 4. The lowest BCUT2D eigenvalue weighted by Crippen LogP contribution is -2.14. The lowest BCUT2D eigenvalue weighted by molar-refractivity contribution is 0.461. The van der Waals surface area contributed by atoms with Gasteiger partial charge in [-0.3, -0.25) is 0 Å². The lowest BCUT2D eigenvalue weighted by Gasteiger charge is -2.08. The third-order valence-electron chi connectivity index (χ3n) is 5.11. The van der Waals surface area contributed by atoms with E-state index in [-0.39, 0.29) is 9.79 Å². The molecule has 4 rings (SSSR count). The highest BCUT2D eigenvalue weighted by Crippen LogP contribution is 2.22. The average Bonchev–Trinajstić information content (AvgIpc) is 2.80. The molecule has 4 aromatic rings. The molecule has 0 fully saturated rings. The molecule has 0 aromatic heterocycles. The van der Waals surface area contributed by atoms with Gasteiger partial charge in [0.1, 0.15) is 0 Å². The van der Waals surface area contributed by atoms with Gasteiger partial charge in [0.2, 0.25) is 0 Å². The van der Waals surface area contributed by atoms with Crippen molar-refractivity contribution in [3.63, 3.8) is 0 Å². The first-order valence-electron chi connectivity index (χ1n) is 10.3. The summed E-state index contributed by atoms with van der Waals surface area (Å²) >= 11 is 0. The van der Waals surface area contributed by atoms with Gasteiger partial charge in [-0.15, -0.1) is 3.63 Å². The summed E-state index contributed by atoms with van der Waals surface area (Å²) in [5.41, 5.74) is 3.97. The lowest BCUT2D eigenvalue weighted by atomic mass is 10.1. The van der Waals surface area contributed by atoms with Crippen molar-refractivity contribution in [2.75, 3.05) is 0 Å². The Hall–Kier alpha value is -3.26.